The average Bonchev–Trinajstić information content (AvgIpc) is 2.74. The normalized spacial score (nSPS) is 16.0. The molecule has 0 unspecified atom stereocenters. The zero-order valence-corrected chi connectivity index (χ0v) is 18.0. The minimum absolute atomic E-state index is 0.0711. The Morgan fingerprint density at radius 1 is 1.00 bits per heavy atom. The highest BCUT2D eigenvalue weighted by Crippen LogP contribution is 2.40. The van der Waals surface area contributed by atoms with Crippen LogP contribution in [-0.2, 0) is 22.7 Å². The van der Waals surface area contributed by atoms with E-state index in [4.69, 9.17) is 16.3 Å². The number of sulfonamides is 1. The molecule has 0 radical (unpaired) electrons. The molecule has 0 saturated heterocycles. The lowest BCUT2D eigenvalue weighted by molar-refractivity contribution is -0.138. The molecule has 2 N–H and O–H groups in total. The number of para-hydroxylation sites is 1. The van der Waals surface area contributed by atoms with Gasteiger partial charge in [0.25, 0.3) is 10.0 Å². The van der Waals surface area contributed by atoms with E-state index in [2.05, 4.69) is 15.0 Å². The second-order valence-electron chi connectivity index (χ2n) is 6.83. The molecule has 1 aliphatic heterocycles. The molecule has 4 rings (SSSR count). The van der Waals surface area contributed by atoms with Crippen molar-refractivity contribution in [1.82, 2.24) is 4.72 Å². The van der Waals surface area contributed by atoms with Crippen LogP contribution >= 0.6 is 11.6 Å². The van der Waals surface area contributed by atoms with Crippen LogP contribution in [0.5, 0.6) is 11.5 Å². The van der Waals surface area contributed by atoms with Crippen molar-refractivity contribution in [1.29, 1.82) is 0 Å². The van der Waals surface area contributed by atoms with Crippen LogP contribution in [0.15, 0.2) is 70.6 Å². The standard InChI is InChI=1S/C21H14ClF4N3O3S/c22-14-7-3-4-8-16(14)32-19-15(23)9-10-17-18(19)28-20(29-33(17,30)31)27-11-12-5-1-2-6-13(12)21(24,25)26/h1-10H,11H2,(H2,27,28,29). The smallest absolute Gasteiger partial charge is 0.416 e. The Bertz CT molecular complexity index is 1360. The molecule has 3 aromatic rings. The molecule has 1 aliphatic rings. The first kappa shape index (κ1) is 22.9. The summed E-state index contributed by atoms with van der Waals surface area (Å²) in [6, 6.07) is 12.9. The molecule has 6 nitrogen and oxygen atoms in total. The SMILES string of the molecule is O=S1(=O)NC(=NCc2ccccc2C(F)(F)F)Nc2c1ccc(F)c2Oc1ccccc1Cl. The number of benzene rings is 3. The Hall–Kier alpha value is -3.31. The molecule has 1 heterocycles. The molecule has 3 aromatic carbocycles. The number of nitrogens with zero attached hydrogens (tertiary/aromatic N) is 1. The van der Waals surface area contributed by atoms with Gasteiger partial charge in [0.1, 0.15) is 16.3 Å². The molecule has 0 aromatic heterocycles. The van der Waals surface area contributed by atoms with E-state index in [1.807, 2.05) is 0 Å². The van der Waals surface area contributed by atoms with Gasteiger partial charge in [-0.2, -0.15) is 13.2 Å². The monoisotopic (exact) mass is 499 g/mol. The van der Waals surface area contributed by atoms with Crippen molar-refractivity contribution >= 4 is 33.3 Å². The van der Waals surface area contributed by atoms with E-state index in [1.165, 1.54) is 30.3 Å². The van der Waals surface area contributed by atoms with Crippen LogP contribution in [0.4, 0.5) is 23.2 Å². The number of nitrogens with one attached hydrogen (secondary N) is 2. The second-order valence-corrected chi connectivity index (χ2v) is 8.89. The van der Waals surface area contributed by atoms with Gasteiger partial charge in [-0.3, -0.25) is 0 Å². The number of halogens is 5. The molecular formula is C21H14ClF4N3O3S. The van der Waals surface area contributed by atoms with Crippen LogP contribution in [0.2, 0.25) is 5.02 Å². The molecule has 0 aliphatic carbocycles. The van der Waals surface area contributed by atoms with Gasteiger partial charge in [0, 0.05) is 0 Å². The van der Waals surface area contributed by atoms with E-state index in [0.717, 1.165) is 18.2 Å². The molecular weight excluding hydrogens is 486 g/mol. The van der Waals surface area contributed by atoms with E-state index in [0.29, 0.717) is 0 Å². The highest BCUT2D eigenvalue weighted by Gasteiger charge is 2.34. The number of fused-ring (bicyclic) bond motifs is 1. The molecule has 33 heavy (non-hydrogen) atoms. The maximum absolute atomic E-state index is 14.6. The van der Waals surface area contributed by atoms with Crippen LogP contribution in [0.1, 0.15) is 11.1 Å². The van der Waals surface area contributed by atoms with Crippen molar-refractivity contribution < 1.29 is 30.7 Å². The largest absolute Gasteiger partial charge is 0.450 e. The lowest BCUT2D eigenvalue weighted by Gasteiger charge is -2.24. The third-order valence-corrected chi connectivity index (χ3v) is 6.31. The van der Waals surface area contributed by atoms with Crippen LogP contribution in [0.25, 0.3) is 0 Å². The minimum atomic E-state index is -4.61. The van der Waals surface area contributed by atoms with Gasteiger partial charge in [0.15, 0.2) is 11.6 Å². The van der Waals surface area contributed by atoms with Crippen molar-refractivity contribution in [2.45, 2.75) is 17.6 Å². The summed E-state index contributed by atoms with van der Waals surface area (Å²) in [6.45, 7) is -0.494. The highest BCUT2D eigenvalue weighted by atomic mass is 35.5. The lowest BCUT2D eigenvalue weighted by atomic mass is 10.1. The van der Waals surface area contributed by atoms with Crippen molar-refractivity contribution in [2.24, 2.45) is 4.99 Å². The molecule has 12 heteroatoms. The van der Waals surface area contributed by atoms with Crippen LogP contribution in [-0.4, -0.2) is 14.4 Å². The van der Waals surface area contributed by atoms with Crippen molar-refractivity contribution in [2.75, 3.05) is 5.32 Å². The minimum Gasteiger partial charge on any atom is -0.450 e. The van der Waals surface area contributed by atoms with E-state index in [1.54, 1.807) is 12.1 Å². The number of hydrogen-bond donors (Lipinski definition) is 2. The van der Waals surface area contributed by atoms with E-state index in [-0.39, 0.29) is 26.9 Å². The molecule has 172 valence electrons. The molecule has 0 saturated carbocycles. The van der Waals surface area contributed by atoms with Gasteiger partial charge in [-0.15, -0.1) is 0 Å². The van der Waals surface area contributed by atoms with Gasteiger partial charge in [-0.1, -0.05) is 41.9 Å². The van der Waals surface area contributed by atoms with E-state index < -0.39 is 45.8 Å². The van der Waals surface area contributed by atoms with Gasteiger partial charge in [0.2, 0.25) is 5.96 Å². The maximum Gasteiger partial charge on any atom is 0.416 e. The Morgan fingerprint density at radius 3 is 2.42 bits per heavy atom. The summed E-state index contributed by atoms with van der Waals surface area (Å²) >= 11 is 6.05. The Morgan fingerprint density at radius 2 is 1.70 bits per heavy atom. The number of alkyl halides is 3. The number of ether oxygens (including phenoxy) is 1. The number of aliphatic imine (C=N–C) groups is 1. The zero-order valence-electron chi connectivity index (χ0n) is 16.5. The van der Waals surface area contributed by atoms with Gasteiger partial charge in [-0.25, -0.2) is 22.5 Å². The van der Waals surface area contributed by atoms with Gasteiger partial charge < -0.3 is 10.1 Å². The fourth-order valence-corrected chi connectivity index (χ4v) is 4.43. The lowest BCUT2D eigenvalue weighted by Crippen LogP contribution is -2.41. The highest BCUT2D eigenvalue weighted by molar-refractivity contribution is 7.90. The topological polar surface area (TPSA) is 79.8 Å². The maximum atomic E-state index is 14.6. The van der Waals surface area contributed by atoms with Crippen molar-refractivity contribution in [3.63, 3.8) is 0 Å². The van der Waals surface area contributed by atoms with Crippen molar-refractivity contribution in [3.8, 4) is 11.5 Å². The summed E-state index contributed by atoms with van der Waals surface area (Å²) in [5.41, 5.74) is -1.34. The molecule has 0 fully saturated rings. The Balaban J connectivity index is 1.73. The van der Waals surface area contributed by atoms with E-state index in [9.17, 15) is 26.0 Å². The first-order valence-corrected chi connectivity index (χ1v) is 11.2. The fourth-order valence-electron chi connectivity index (χ4n) is 3.12. The van der Waals surface area contributed by atoms with E-state index >= 15 is 0 Å². The molecule has 0 amide bonds. The Kier molecular flexibility index (Phi) is 5.93. The summed E-state index contributed by atoms with van der Waals surface area (Å²) in [5, 5.41) is 2.76. The quantitative estimate of drug-likeness (QED) is 0.461. The molecule has 0 bridgehead atoms. The number of hydrogen-bond acceptors (Lipinski definition) is 4. The average molecular weight is 500 g/mol. The Labute approximate surface area is 190 Å². The van der Waals surface area contributed by atoms with Crippen LogP contribution in [0, 0.1) is 5.82 Å². The zero-order chi connectivity index (χ0) is 23.8. The van der Waals surface area contributed by atoms with Gasteiger partial charge >= 0.3 is 6.18 Å². The predicted octanol–water partition coefficient (Wildman–Crippen LogP) is 5.55. The van der Waals surface area contributed by atoms with Crippen LogP contribution in [0.3, 0.4) is 0 Å². The van der Waals surface area contributed by atoms with Gasteiger partial charge in [-0.05, 0) is 35.9 Å². The first-order chi connectivity index (χ1) is 15.6. The third kappa shape index (κ3) is 4.74. The van der Waals surface area contributed by atoms with Gasteiger partial charge in [0.05, 0.1) is 17.1 Å². The second kappa shape index (κ2) is 8.56. The summed E-state index contributed by atoms with van der Waals surface area (Å²) in [7, 11) is -4.22. The fraction of sp³-hybridized carbons (Fsp3) is 0.0952. The number of rotatable bonds is 4. The molecule has 0 atom stereocenters. The molecule has 0 spiro atoms. The predicted molar refractivity (Wildman–Crippen MR) is 114 cm³/mol. The number of guanidine groups is 1. The van der Waals surface area contributed by atoms with Crippen LogP contribution < -0.4 is 14.8 Å². The summed E-state index contributed by atoms with van der Waals surface area (Å²) < 4.78 is 87.3. The summed E-state index contributed by atoms with van der Waals surface area (Å²) in [5.74, 6) is -1.68. The van der Waals surface area contributed by atoms with Crippen molar-refractivity contribution in [3.05, 3.63) is 82.6 Å². The number of anilines is 1. The summed E-state index contributed by atoms with van der Waals surface area (Å²) in [6.07, 6.45) is -4.61. The summed E-state index contributed by atoms with van der Waals surface area (Å²) in [4.78, 5) is 3.60. The first-order valence-electron chi connectivity index (χ1n) is 9.30. The third-order valence-electron chi connectivity index (χ3n) is 4.61.